The first-order valence-corrected chi connectivity index (χ1v) is 29.2. The van der Waals surface area contributed by atoms with Crippen molar-refractivity contribution in [1.29, 1.82) is 0 Å². The fourth-order valence-electron chi connectivity index (χ4n) is 8.93. The van der Waals surface area contributed by atoms with Crippen LogP contribution in [0.5, 0.6) is 0 Å². The summed E-state index contributed by atoms with van der Waals surface area (Å²) in [5.41, 5.74) is 0. The van der Waals surface area contributed by atoms with Crippen LogP contribution in [0, 0.1) is 17.8 Å². The summed E-state index contributed by atoms with van der Waals surface area (Å²) in [5.74, 6) is 1.73. The number of hydrogen-bond donors (Lipinski definition) is 0. The molecule has 0 heterocycles. The molecule has 386 valence electrons. The van der Waals surface area contributed by atoms with Crippen molar-refractivity contribution in [2.24, 2.45) is 17.8 Å². The fourth-order valence-corrected chi connectivity index (χ4v) is 8.93. The van der Waals surface area contributed by atoms with Gasteiger partial charge in [0, 0.05) is 19.3 Å². The number of rotatable bonds is 52. The van der Waals surface area contributed by atoms with Gasteiger partial charge in [-0.1, -0.05) is 286 Å². The molecule has 2 unspecified atom stereocenters. The molecule has 0 N–H and O–H groups in total. The van der Waals surface area contributed by atoms with Crippen molar-refractivity contribution in [1.82, 2.24) is 0 Å². The molecule has 0 saturated carbocycles. The van der Waals surface area contributed by atoms with Gasteiger partial charge in [-0.05, 0) is 37.0 Å². The summed E-state index contributed by atoms with van der Waals surface area (Å²) in [7, 11) is 0. The molecular formula is C59H114O6. The SMILES string of the molecule is CCC(C)CCCCCCCCCCCCCCCCCCCCC(=O)O[C@@H](COC(=O)CCCCCCCCCCCCC(C)CC)COC(=O)CCCCCCCCCCC(C)C. The summed E-state index contributed by atoms with van der Waals surface area (Å²) in [6.07, 6.45) is 52.4. The molecule has 0 saturated heterocycles. The third-order valence-corrected chi connectivity index (χ3v) is 14.1. The Morgan fingerprint density at radius 2 is 0.538 bits per heavy atom. The maximum Gasteiger partial charge on any atom is 0.306 e. The number of hydrogen-bond acceptors (Lipinski definition) is 6. The molecule has 0 aromatic carbocycles. The molecule has 3 atom stereocenters. The second kappa shape index (κ2) is 50.3. The molecule has 6 nitrogen and oxygen atoms in total. The quantitative estimate of drug-likeness (QED) is 0.0344. The molecule has 0 aliphatic rings. The first-order chi connectivity index (χ1) is 31.7. The highest BCUT2D eigenvalue weighted by Crippen LogP contribution is 2.19. The van der Waals surface area contributed by atoms with Crippen LogP contribution in [0.15, 0.2) is 0 Å². The molecule has 0 bridgehead atoms. The standard InChI is InChI=1S/C59H114O6/c1-7-54(5)46-40-34-28-21-17-15-13-11-9-10-12-14-16-18-24-32-38-44-50-59(62)65-56(52-64-58(61)49-43-37-31-26-25-27-33-39-45-53(3)4)51-63-57(60)48-42-36-30-23-20-19-22-29-35-41-47-55(6)8-2/h53-56H,7-52H2,1-6H3/t54?,55?,56-/m0/s1. The Labute approximate surface area is 406 Å². The van der Waals surface area contributed by atoms with Gasteiger partial charge in [-0.3, -0.25) is 14.4 Å². The third-order valence-electron chi connectivity index (χ3n) is 14.1. The summed E-state index contributed by atoms with van der Waals surface area (Å²) in [6, 6.07) is 0. The highest BCUT2D eigenvalue weighted by Gasteiger charge is 2.19. The molecule has 0 aromatic heterocycles. The van der Waals surface area contributed by atoms with Crippen molar-refractivity contribution in [2.45, 2.75) is 330 Å². The largest absolute Gasteiger partial charge is 0.462 e. The topological polar surface area (TPSA) is 78.9 Å². The van der Waals surface area contributed by atoms with Crippen LogP contribution in [-0.2, 0) is 28.6 Å². The molecule has 0 aromatic rings. The van der Waals surface area contributed by atoms with Gasteiger partial charge in [0.05, 0.1) is 0 Å². The second-order valence-electron chi connectivity index (χ2n) is 21.2. The zero-order valence-electron chi connectivity index (χ0n) is 44.8. The lowest BCUT2D eigenvalue weighted by molar-refractivity contribution is -0.167. The van der Waals surface area contributed by atoms with Gasteiger partial charge in [0.2, 0.25) is 0 Å². The Balaban J connectivity index is 4.24. The van der Waals surface area contributed by atoms with Gasteiger partial charge in [0.15, 0.2) is 6.10 Å². The predicted octanol–water partition coefficient (Wildman–Crippen LogP) is 19.1. The molecular weight excluding hydrogens is 805 g/mol. The summed E-state index contributed by atoms with van der Waals surface area (Å²) in [4.78, 5) is 38.1. The average Bonchev–Trinajstić information content (AvgIpc) is 3.29. The van der Waals surface area contributed by atoms with E-state index >= 15 is 0 Å². The Morgan fingerprint density at radius 3 is 0.800 bits per heavy atom. The van der Waals surface area contributed by atoms with Crippen molar-refractivity contribution < 1.29 is 28.6 Å². The van der Waals surface area contributed by atoms with Gasteiger partial charge in [-0.15, -0.1) is 0 Å². The van der Waals surface area contributed by atoms with Crippen molar-refractivity contribution in [3.05, 3.63) is 0 Å². The van der Waals surface area contributed by atoms with E-state index in [-0.39, 0.29) is 31.1 Å². The van der Waals surface area contributed by atoms with E-state index < -0.39 is 6.10 Å². The van der Waals surface area contributed by atoms with Crippen LogP contribution in [0.3, 0.4) is 0 Å². The van der Waals surface area contributed by atoms with Crippen LogP contribution in [0.2, 0.25) is 0 Å². The minimum atomic E-state index is -0.764. The number of carbonyl (C=O) groups is 3. The van der Waals surface area contributed by atoms with Crippen LogP contribution < -0.4 is 0 Å². The number of unbranched alkanes of at least 4 members (excludes halogenated alkanes) is 33. The molecule has 65 heavy (non-hydrogen) atoms. The Kier molecular flexibility index (Phi) is 49.1. The molecule has 0 aliphatic heterocycles. The summed E-state index contributed by atoms with van der Waals surface area (Å²) in [5, 5.41) is 0. The molecule has 0 rings (SSSR count). The second-order valence-corrected chi connectivity index (χ2v) is 21.2. The minimum Gasteiger partial charge on any atom is -0.462 e. The van der Waals surface area contributed by atoms with E-state index in [1.54, 1.807) is 0 Å². The first-order valence-electron chi connectivity index (χ1n) is 29.2. The van der Waals surface area contributed by atoms with Crippen molar-refractivity contribution in [3.8, 4) is 0 Å². The Hall–Kier alpha value is -1.59. The Bertz CT molecular complexity index is 1010. The lowest BCUT2D eigenvalue weighted by atomic mass is 9.99. The summed E-state index contributed by atoms with van der Waals surface area (Å²) < 4.78 is 16.9. The van der Waals surface area contributed by atoms with Gasteiger partial charge < -0.3 is 14.2 Å². The molecule has 0 aliphatic carbocycles. The van der Waals surface area contributed by atoms with Gasteiger partial charge in [0.1, 0.15) is 13.2 Å². The highest BCUT2D eigenvalue weighted by molar-refractivity contribution is 5.71. The van der Waals surface area contributed by atoms with Crippen molar-refractivity contribution in [2.75, 3.05) is 13.2 Å². The summed E-state index contributed by atoms with van der Waals surface area (Å²) >= 11 is 0. The van der Waals surface area contributed by atoms with Crippen LogP contribution >= 0.6 is 0 Å². The van der Waals surface area contributed by atoms with Gasteiger partial charge >= 0.3 is 17.9 Å². The predicted molar refractivity (Wildman–Crippen MR) is 279 cm³/mol. The zero-order valence-corrected chi connectivity index (χ0v) is 44.8. The summed E-state index contributed by atoms with van der Waals surface area (Å²) in [6.45, 7) is 13.8. The van der Waals surface area contributed by atoms with Gasteiger partial charge in [-0.25, -0.2) is 0 Å². The normalized spacial score (nSPS) is 13.0. The molecule has 6 heteroatoms. The van der Waals surface area contributed by atoms with Gasteiger partial charge in [0.25, 0.3) is 0 Å². The number of carbonyl (C=O) groups excluding carboxylic acids is 3. The fraction of sp³-hybridized carbons (Fsp3) is 0.949. The lowest BCUT2D eigenvalue weighted by Gasteiger charge is -2.18. The number of ether oxygens (including phenoxy) is 3. The lowest BCUT2D eigenvalue weighted by Crippen LogP contribution is -2.30. The average molecular weight is 920 g/mol. The van der Waals surface area contributed by atoms with E-state index in [1.807, 2.05) is 0 Å². The van der Waals surface area contributed by atoms with Crippen LogP contribution in [0.4, 0.5) is 0 Å². The van der Waals surface area contributed by atoms with E-state index in [0.717, 1.165) is 75.5 Å². The molecule has 0 amide bonds. The van der Waals surface area contributed by atoms with Crippen LogP contribution in [0.25, 0.3) is 0 Å². The highest BCUT2D eigenvalue weighted by atomic mass is 16.6. The molecule has 0 fully saturated rings. The smallest absolute Gasteiger partial charge is 0.306 e. The minimum absolute atomic E-state index is 0.0643. The van der Waals surface area contributed by atoms with Crippen molar-refractivity contribution >= 4 is 17.9 Å². The molecule has 0 spiro atoms. The van der Waals surface area contributed by atoms with Crippen molar-refractivity contribution in [3.63, 3.8) is 0 Å². The monoisotopic (exact) mass is 919 g/mol. The zero-order chi connectivity index (χ0) is 47.7. The van der Waals surface area contributed by atoms with E-state index in [9.17, 15) is 14.4 Å². The van der Waals surface area contributed by atoms with Crippen LogP contribution in [0.1, 0.15) is 324 Å². The maximum absolute atomic E-state index is 12.9. The first kappa shape index (κ1) is 63.4. The van der Waals surface area contributed by atoms with Gasteiger partial charge in [-0.2, -0.15) is 0 Å². The number of esters is 3. The third kappa shape index (κ3) is 50.1. The van der Waals surface area contributed by atoms with E-state index in [1.165, 1.54) is 205 Å². The van der Waals surface area contributed by atoms with E-state index in [2.05, 4.69) is 41.5 Å². The van der Waals surface area contributed by atoms with E-state index in [4.69, 9.17) is 14.2 Å². The van der Waals surface area contributed by atoms with E-state index in [0.29, 0.717) is 19.3 Å². The van der Waals surface area contributed by atoms with Crippen LogP contribution in [-0.4, -0.2) is 37.2 Å². The maximum atomic E-state index is 12.9. The molecule has 0 radical (unpaired) electrons. The Morgan fingerprint density at radius 1 is 0.308 bits per heavy atom.